The van der Waals surface area contributed by atoms with Crippen molar-refractivity contribution in [3.05, 3.63) is 16.9 Å². The van der Waals surface area contributed by atoms with Crippen LogP contribution in [0.4, 0.5) is 0 Å². The number of hydrogen-bond acceptors (Lipinski definition) is 3. The minimum Gasteiger partial charge on any atom is -0.384 e. The second-order valence-electron chi connectivity index (χ2n) is 6.34. The topological polar surface area (TPSA) is 47.3 Å². The molecule has 1 N–H and O–H groups in total. The number of aromatic nitrogens is 2. The Bertz CT molecular complexity index is 427. The van der Waals surface area contributed by atoms with Crippen LogP contribution in [0, 0.1) is 5.41 Å². The molecule has 108 valence electrons. The fourth-order valence-corrected chi connectivity index (χ4v) is 3.19. The number of aliphatic hydroxyl groups is 1. The highest BCUT2D eigenvalue weighted by Gasteiger charge is 2.45. The summed E-state index contributed by atoms with van der Waals surface area (Å²) in [5.74, 6) is 0. The van der Waals surface area contributed by atoms with E-state index in [-0.39, 0.29) is 0 Å². The Labute approximate surface area is 119 Å². The smallest absolute Gasteiger partial charge is 0.126 e. The van der Waals surface area contributed by atoms with Gasteiger partial charge >= 0.3 is 0 Å². The molecular formula is C14H23ClN2O2. The van der Waals surface area contributed by atoms with Crippen molar-refractivity contribution in [2.45, 2.75) is 51.2 Å². The molecule has 1 aliphatic carbocycles. The van der Waals surface area contributed by atoms with Crippen LogP contribution in [0.2, 0.25) is 5.02 Å². The predicted octanol–water partition coefficient (Wildman–Crippen LogP) is 3.09. The maximum Gasteiger partial charge on any atom is 0.126 e. The number of halogens is 1. The minimum absolute atomic E-state index is 0.317. The number of rotatable bonds is 3. The van der Waals surface area contributed by atoms with Crippen molar-refractivity contribution in [1.82, 2.24) is 9.78 Å². The second-order valence-corrected chi connectivity index (χ2v) is 6.74. The number of nitrogens with zero attached hydrogens (tertiary/aromatic N) is 2. The molecule has 1 atom stereocenters. The lowest BCUT2D eigenvalue weighted by Crippen LogP contribution is -2.44. The van der Waals surface area contributed by atoms with Crippen molar-refractivity contribution >= 4 is 11.6 Å². The van der Waals surface area contributed by atoms with E-state index in [1.165, 1.54) is 0 Å². The van der Waals surface area contributed by atoms with Gasteiger partial charge in [0.25, 0.3) is 0 Å². The molecule has 0 spiro atoms. The quantitative estimate of drug-likeness (QED) is 0.929. The van der Waals surface area contributed by atoms with Gasteiger partial charge in [-0.3, -0.25) is 4.68 Å². The van der Waals surface area contributed by atoms with Gasteiger partial charge in [-0.25, -0.2) is 0 Å². The maximum absolute atomic E-state index is 10.7. The van der Waals surface area contributed by atoms with Crippen molar-refractivity contribution in [2.24, 2.45) is 12.5 Å². The molecule has 1 aromatic heterocycles. The summed E-state index contributed by atoms with van der Waals surface area (Å²) in [6, 6.07) is 0. The number of aryl methyl sites for hydroxylation is 1. The third-order valence-corrected chi connectivity index (χ3v) is 4.84. The zero-order valence-electron chi connectivity index (χ0n) is 12.1. The van der Waals surface area contributed by atoms with E-state index in [1.54, 1.807) is 25.0 Å². The summed E-state index contributed by atoms with van der Waals surface area (Å²) in [6.45, 7) is 4.52. The molecule has 5 heteroatoms. The molecule has 0 radical (unpaired) electrons. The Morgan fingerprint density at radius 2 is 1.95 bits per heavy atom. The second kappa shape index (κ2) is 5.08. The van der Waals surface area contributed by atoms with Crippen molar-refractivity contribution < 1.29 is 9.84 Å². The van der Waals surface area contributed by atoms with E-state index in [4.69, 9.17) is 16.3 Å². The van der Waals surface area contributed by atoms with Gasteiger partial charge in [0.1, 0.15) is 6.10 Å². The van der Waals surface area contributed by atoms with Gasteiger partial charge in [0, 0.05) is 14.2 Å². The molecule has 1 fully saturated rings. The lowest BCUT2D eigenvalue weighted by molar-refractivity contribution is -0.140. The molecule has 1 saturated carbocycles. The molecule has 0 saturated heterocycles. The van der Waals surface area contributed by atoms with Crippen LogP contribution in [0.5, 0.6) is 0 Å². The van der Waals surface area contributed by atoms with E-state index >= 15 is 0 Å². The summed E-state index contributed by atoms with van der Waals surface area (Å²) < 4.78 is 7.35. The molecule has 0 amide bonds. The van der Waals surface area contributed by atoms with Crippen LogP contribution in [-0.2, 0) is 11.8 Å². The molecule has 0 aliphatic heterocycles. The van der Waals surface area contributed by atoms with Gasteiger partial charge in [-0.15, -0.1) is 0 Å². The summed E-state index contributed by atoms with van der Waals surface area (Å²) in [4.78, 5) is 0. The number of aliphatic hydroxyl groups excluding tert-OH is 1. The van der Waals surface area contributed by atoms with Gasteiger partial charge in [-0.2, -0.15) is 5.10 Å². The monoisotopic (exact) mass is 286 g/mol. The Hall–Kier alpha value is -0.580. The van der Waals surface area contributed by atoms with E-state index < -0.39 is 11.7 Å². The average molecular weight is 287 g/mol. The molecule has 4 nitrogen and oxygen atoms in total. The zero-order valence-corrected chi connectivity index (χ0v) is 12.9. The van der Waals surface area contributed by atoms with Gasteiger partial charge in [0.15, 0.2) is 0 Å². The summed E-state index contributed by atoms with van der Waals surface area (Å²) in [7, 11) is 3.46. The van der Waals surface area contributed by atoms with Gasteiger partial charge in [0.2, 0.25) is 0 Å². The molecule has 2 rings (SSSR count). The van der Waals surface area contributed by atoms with Crippen molar-refractivity contribution in [3.8, 4) is 0 Å². The summed E-state index contributed by atoms with van der Waals surface area (Å²) in [6.07, 6.45) is 4.56. The van der Waals surface area contributed by atoms with E-state index in [0.717, 1.165) is 25.7 Å². The molecule has 1 heterocycles. The molecule has 0 aromatic carbocycles. The number of methoxy groups -OCH3 is 1. The third-order valence-electron chi connectivity index (χ3n) is 4.55. The summed E-state index contributed by atoms with van der Waals surface area (Å²) in [5.41, 5.74) is 0.411. The fourth-order valence-electron chi connectivity index (χ4n) is 2.92. The van der Waals surface area contributed by atoms with Crippen LogP contribution < -0.4 is 0 Å². The number of hydrogen-bond donors (Lipinski definition) is 1. The van der Waals surface area contributed by atoms with Crippen molar-refractivity contribution in [2.75, 3.05) is 7.11 Å². The highest BCUT2D eigenvalue weighted by Crippen LogP contribution is 2.48. The van der Waals surface area contributed by atoms with Gasteiger partial charge < -0.3 is 9.84 Å². The molecule has 1 unspecified atom stereocenters. The van der Waals surface area contributed by atoms with Gasteiger partial charge in [0.05, 0.1) is 22.5 Å². The molecule has 19 heavy (non-hydrogen) atoms. The van der Waals surface area contributed by atoms with Crippen molar-refractivity contribution in [3.63, 3.8) is 0 Å². The van der Waals surface area contributed by atoms with E-state index in [1.807, 2.05) is 0 Å². The van der Waals surface area contributed by atoms with Crippen LogP contribution in [0.25, 0.3) is 0 Å². The van der Waals surface area contributed by atoms with Crippen LogP contribution in [0.15, 0.2) is 6.20 Å². The Morgan fingerprint density at radius 3 is 2.37 bits per heavy atom. The predicted molar refractivity (Wildman–Crippen MR) is 75.2 cm³/mol. The van der Waals surface area contributed by atoms with Crippen LogP contribution in [-0.4, -0.2) is 27.6 Å². The first-order valence-electron chi connectivity index (χ1n) is 6.72. The van der Waals surface area contributed by atoms with E-state index in [0.29, 0.717) is 16.1 Å². The molecule has 1 aromatic rings. The fraction of sp³-hybridized carbons (Fsp3) is 0.786. The maximum atomic E-state index is 10.7. The van der Waals surface area contributed by atoms with Crippen LogP contribution >= 0.6 is 11.6 Å². The largest absolute Gasteiger partial charge is 0.384 e. The lowest BCUT2D eigenvalue weighted by atomic mass is 9.68. The molecule has 1 aliphatic rings. The third kappa shape index (κ3) is 2.67. The Kier molecular flexibility index (Phi) is 3.96. The first-order valence-corrected chi connectivity index (χ1v) is 7.10. The zero-order chi connectivity index (χ0) is 14.3. The molecular weight excluding hydrogens is 264 g/mol. The standard InChI is InChI=1S/C14H23ClN2O2/c1-13(2)5-7-14(19-4,8-6-13)12(18)11-10(15)9-16-17(11)3/h9,12,18H,5-8H2,1-4H3. The first kappa shape index (κ1) is 14.8. The Balaban J connectivity index is 2.28. The normalized spacial score (nSPS) is 23.3. The minimum atomic E-state index is -0.742. The van der Waals surface area contributed by atoms with Gasteiger partial charge in [-0.1, -0.05) is 25.4 Å². The van der Waals surface area contributed by atoms with E-state index in [9.17, 15) is 5.11 Å². The summed E-state index contributed by atoms with van der Waals surface area (Å²) >= 11 is 6.14. The van der Waals surface area contributed by atoms with E-state index in [2.05, 4.69) is 18.9 Å². The Morgan fingerprint density at radius 1 is 1.37 bits per heavy atom. The highest BCUT2D eigenvalue weighted by molar-refractivity contribution is 6.31. The molecule has 0 bridgehead atoms. The SMILES string of the molecule is COC1(C(O)c2c(Cl)cnn2C)CCC(C)(C)CC1. The average Bonchev–Trinajstić information content (AvgIpc) is 2.69. The number of ether oxygens (including phenoxy) is 1. The van der Waals surface area contributed by atoms with Crippen LogP contribution in [0.1, 0.15) is 51.3 Å². The van der Waals surface area contributed by atoms with Gasteiger partial charge in [-0.05, 0) is 31.1 Å². The van der Waals surface area contributed by atoms with Crippen molar-refractivity contribution in [1.29, 1.82) is 0 Å². The summed E-state index contributed by atoms with van der Waals surface area (Å²) in [5, 5.41) is 15.3. The highest BCUT2D eigenvalue weighted by atomic mass is 35.5. The van der Waals surface area contributed by atoms with Crippen LogP contribution in [0.3, 0.4) is 0 Å². The lowest BCUT2D eigenvalue weighted by Gasteiger charge is -2.45. The first-order chi connectivity index (χ1) is 8.81.